The van der Waals surface area contributed by atoms with Gasteiger partial charge in [0.2, 0.25) is 0 Å². The molecule has 1 aromatic rings. The molecule has 0 saturated carbocycles. The van der Waals surface area contributed by atoms with Crippen molar-refractivity contribution in [3.05, 3.63) is 23.6 Å². The first-order valence-corrected chi connectivity index (χ1v) is 6.88. The predicted octanol–water partition coefficient (Wildman–Crippen LogP) is 1.95. The summed E-state index contributed by atoms with van der Waals surface area (Å²) in [4.78, 5) is 6.29. The highest BCUT2D eigenvalue weighted by Gasteiger charge is 2.19. The zero-order valence-corrected chi connectivity index (χ0v) is 11.7. The summed E-state index contributed by atoms with van der Waals surface area (Å²) >= 11 is 0. The summed E-state index contributed by atoms with van der Waals surface area (Å²) in [5, 5.41) is 3.22. The van der Waals surface area contributed by atoms with E-state index in [1.807, 2.05) is 14.0 Å². The van der Waals surface area contributed by atoms with E-state index in [1.54, 1.807) is 6.07 Å². The van der Waals surface area contributed by atoms with Crippen molar-refractivity contribution in [1.29, 1.82) is 0 Å². The first-order valence-electron chi connectivity index (χ1n) is 6.88. The van der Waals surface area contributed by atoms with Crippen LogP contribution in [0, 0.1) is 5.82 Å². The van der Waals surface area contributed by atoms with E-state index in [0.29, 0.717) is 6.54 Å². The molecule has 0 spiro atoms. The van der Waals surface area contributed by atoms with Gasteiger partial charge in [0.15, 0.2) is 0 Å². The first-order chi connectivity index (χ1) is 9.20. The largest absolute Gasteiger partial charge is 0.376 e. The third kappa shape index (κ3) is 3.88. The fraction of sp³-hybridized carbons (Fsp3) is 0.643. The Bertz CT molecular complexity index is 408. The van der Waals surface area contributed by atoms with Gasteiger partial charge < -0.3 is 15.0 Å². The number of nitrogens with zero attached hydrogens (tertiary/aromatic N) is 2. The van der Waals surface area contributed by atoms with Crippen molar-refractivity contribution in [2.24, 2.45) is 0 Å². The number of halogens is 1. The SMILES string of the molecule is CCNCc1cc(F)cnc1N(C)CC1CCCO1. The number of pyridine rings is 1. The van der Waals surface area contributed by atoms with Crippen molar-refractivity contribution in [1.82, 2.24) is 10.3 Å². The molecular formula is C14H22FN3O. The Balaban J connectivity index is 2.07. The minimum absolute atomic E-state index is 0.267. The van der Waals surface area contributed by atoms with E-state index in [4.69, 9.17) is 4.74 Å². The zero-order valence-electron chi connectivity index (χ0n) is 11.7. The van der Waals surface area contributed by atoms with Gasteiger partial charge in [-0.1, -0.05) is 6.92 Å². The fourth-order valence-corrected chi connectivity index (χ4v) is 2.39. The predicted molar refractivity (Wildman–Crippen MR) is 73.8 cm³/mol. The van der Waals surface area contributed by atoms with E-state index in [1.165, 1.54) is 6.20 Å². The fourth-order valence-electron chi connectivity index (χ4n) is 2.39. The van der Waals surface area contributed by atoms with Gasteiger partial charge in [0.25, 0.3) is 0 Å². The number of anilines is 1. The molecule has 1 aliphatic rings. The maximum atomic E-state index is 13.3. The number of likely N-dealkylation sites (N-methyl/N-ethyl adjacent to an activating group) is 1. The summed E-state index contributed by atoms with van der Waals surface area (Å²) < 4.78 is 18.9. The van der Waals surface area contributed by atoms with E-state index < -0.39 is 0 Å². The molecule has 4 nitrogen and oxygen atoms in total. The Morgan fingerprint density at radius 1 is 1.58 bits per heavy atom. The first kappa shape index (κ1) is 14.2. The molecule has 1 unspecified atom stereocenters. The van der Waals surface area contributed by atoms with Crippen LogP contribution in [0.25, 0.3) is 0 Å². The van der Waals surface area contributed by atoms with E-state index in [9.17, 15) is 4.39 Å². The van der Waals surface area contributed by atoms with Crippen molar-refractivity contribution in [3.8, 4) is 0 Å². The highest BCUT2D eigenvalue weighted by atomic mass is 19.1. The Morgan fingerprint density at radius 2 is 2.42 bits per heavy atom. The van der Waals surface area contributed by atoms with E-state index in [0.717, 1.165) is 43.9 Å². The summed E-state index contributed by atoms with van der Waals surface area (Å²) in [7, 11) is 1.98. The van der Waals surface area contributed by atoms with Gasteiger partial charge in [0, 0.05) is 32.3 Å². The van der Waals surface area contributed by atoms with Gasteiger partial charge >= 0.3 is 0 Å². The molecular weight excluding hydrogens is 245 g/mol. The van der Waals surface area contributed by atoms with Crippen LogP contribution in [-0.2, 0) is 11.3 Å². The molecule has 1 saturated heterocycles. The Morgan fingerprint density at radius 3 is 3.11 bits per heavy atom. The zero-order chi connectivity index (χ0) is 13.7. The number of hydrogen-bond acceptors (Lipinski definition) is 4. The molecule has 2 rings (SSSR count). The lowest BCUT2D eigenvalue weighted by molar-refractivity contribution is 0.116. The van der Waals surface area contributed by atoms with Gasteiger partial charge in [-0.05, 0) is 25.5 Å². The molecule has 1 aliphatic heterocycles. The lowest BCUT2D eigenvalue weighted by Gasteiger charge is -2.24. The van der Waals surface area contributed by atoms with Gasteiger partial charge in [-0.3, -0.25) is 0 Å². The summed E-state index contributed by atoms with van der Waals surface area (Å²) in [5.41, 5.74) is 0.891. The molecule has 1 N–H and O–H groups in total. The number of hydrogen-bond donors (Lipinski definition) is 1. The molecule has 0 amide bonds. The summed E-state index contributed by atoms with van der Waals surface area (Å²) in [6.45, 7) is 5.16. The topological polar surface area (TPSA) is 37.4 Å². The average Bonchev–Trinajstić information content (AvgIpc) is 2.89. The monoisotopic (exact) mass is 267 g/mol. The van der Waals surface area contributed by atoms with E-state index >= 15 is 0 Å². The standard InChI is InChI=1S/C14H22FN3O/c1-3-16-8-11-7-12(15)9-17-14(11)18(2)10-13-5-4-6-19-13/h7,9,13,16H,3-6,8,10H2,1-2H3. The second-order valence-electron chi connectivity index (χ2n) is 4.93. The highest BCUT2D eigenvalue weighted by Crippen LogP contribution is 2.20. The minimum atomic E-state index is -0.290. The van der Waals surface area contributed by atoms with Crippen molar-refractivity contribution >= 4 is 5.82 Å². The van der Waals surface area contributed by atoms with Crippen LogP contribution in [0.1, 0.15) is 25.3 Å². The van der Waals surface area contributed by atoms with Gasteiger partial charge in [-0.2, -0.15) is 0 Å². The number of ether oxygens (including phenoxy) is 1. The van der Waals surface area contributed by atoms with Gasteiger partial charge in [0.1, 0.15) is 11.6 Å². The van der Waals surface area contributed by atoms with Gasteiger partial charge in [-0.15, -0.1) is 0 Å². The molecule has 5 heteroatoms. The van der Waals surface area contributed by atoms with Crippen molar-refractivity contribution in [3.63, 3.8) is 0 Å². The number of nitrogens with one attached hydrogen (secondary N) is 1. The lowest BCUT2D eigenvalue weighted by atomic mass is 10.2. The van der Waals surface area contributed by atoms with Crippen LogP contribution >= 0.6 is 0 Å². The van der Waals surface area contributed by atoms with Crippen molar-refractivity contribution in [2.75, 3.05) is 31.6 Å². The minimum Gasteiger partial charge on any atom is -0.376 e. The second-order valence-corrected chi connectivity index (χ2v) is 4.93. The third-order valence-corrected chi connectivity index (χ3v) is 3.34. The molecule has 1 fully saturated rings. The van der Waals surface area contributed by atoms with Crippen LogP contribution in [0.2, 0.25) is 0 Å². The number of rotatable bonds is 6. The normalized spacial score (nSPS) is 18.8. The Kier molecular flexibility index (Phi) is 5.10. The molecule has 106 valence electrons. The van der Waals surface area contributed by atoms with Crippen LogP contribution in [0.15, 0.2) is 12.3 Å². The van der Waals surface area contributed by atoms with E-state index in [-0.39, 0.29) is 11.9 Å². The summed E-state index contributed by atoms with van der Waals surface area (Å²) in [6, 6.07) is 1.55. The Labute approximate surface area is 114 Å². The number of aromatic nitrogens is 1. The maximum absolute atomic E-state index is 13.3. The highest BCUT2D eigenvalue weighted by molar-refractivity contribution is 5.46. The maximum Gasteiger partial charge on any atom is 0.141 e. The second kappa shape index (κ2) is 6.82. The van der Waals surface area contributed by atoms with Gasteiger partial charge in [-0.25, -0.2) is 9.37 Å². The lowest BCUT2D eigenvalue weighted by Crippen LogP contribution is -2.30. The van der Waals surface area contributed by atoms with Crippen LogP contribution in [0.4, 0.5) is 10.2 Å². The van der Waals surface area contributed by atoms with Crippen LogP contribution in [0.3, 0.4) is 0 Å². The Hall–Kier alpha value is -1.20. The summed E-state index contributed by atoms with van der Waals surface area (Å²) in [5.74, 6) is 0.542. The molecule has 1 atom stereocenters. The molecule has 19 heavy (non-hydrogen) atoms. The molecule has 1 aromatic heterocycles. The van der Waals surface area contributed by atoms with Crippen LogP contribution in [-0.4, -0.2) is 37.8 Å². The third-order valence-electron chi connectivity index (χ3n) is 3.34. The smallest absolute Gasteiger partial charge is 0.141 e. The van der Waals surface area contributed by atoms with Crippen molar-refractivity contribution < 1.29 is 9.13 Å². The molecule has 0 aromatic carbocycles. The molecule has 0 radical (unpaired) electrons. The van der Waals surface area contributed by atoms with Crippen LogP contribution < -0.4 is 10.2 Å². The molecule has 0 bridgehead atoms. The van der Waals surface area contributed by atoms with Gasteiger partial charge in [0.05, 0.1) is 12.3 Å². The van der Waals surface area contributed by atoms with Crippen LogP contribution in [0.5, 0.6) is 0 Å². The molecule has 0 aliphatic carbocycles. The van der Waals surface area contributed by atoms with E-state index in [2.05, 4.69) is 15.2 Å². The quantitative estimate of drug-likeness (QED) is 0.855. The molecule has 2 heterocycles. The van der Waals surface area contributed by atoms with Crippen molar-refractivity contribution in [2.45, 2.75) is 32.4 Å². The average molecular weight is 267 g/mol. The summed E-state index contributed by atoms with van der Waals surface area (Å²) in [6.07, 6.45) is 3.76.